The molecular formula is C17H15ClN2O3S. The largest absolute Gasteiger partial charge is 0.496 e. The lowest BCUT2D eigenvalue weighted by Gasteiger charge is -2.05. The molecular weight excluding hydrogens is 348 g/mol. The number of aromatic nitrogens is 2. The van der Waals surface area contributed by atoms with Gasteiger partial charge in [0.25, 0.3) is 11.1 Å². The van der Waals surface area contributed by atoms with Gasteiger partial charge in [0.15, 0.2) is 6.61 Å². The van der Waals surface area contributed by atoms with E-state index in [9.17, 15) is 0 Å². The van der Waals surface area contributed by atoms with Gasteiger partial charge < -0.3 is 13.9 Å². The zero-order valence-corrected chi connectivity index (χ0v) is 14.5. The van der Waals surface area contributed by atoms with Gasteiger partial charge in [0.2, 0.25) is 0 Å². The Morgan fingerprint density at radius 3 is 2.67 bits per heavy atom. The molecule has 0 fully saturated rings. The van der Waals surface area contributed by atoms with Gasteiger partial charge in [-0.2, -0.15) is 0 Å². The number of rotatable bonds is 7. The van der Waals surface area contributed by atoms with Gasteiger partial charge in [0, 0.05) is 16.3 Å². The van der Waals surface area contributed by atoms with Crippen LogP contribution in [0.25, 0.3) is 0 Å². The number of hydrogen-bond donors (Lipinski definition) is 0. The summed E-state index contributed by atoms with van der Waals surface area (Å²) in [6.45, 7) is 0.212. The van der Waals surface area contributed by atoms with Crippen LogP contribution in [0.3, 0.4) is 0 Å². The quantitative estimate of drug-likeness (QED) is 0.572. The average Bonchev–Trinajstić information content (AvgIpc) is 3.07. The molecule has 0 aliphatic carbocycles. The average molecular weight is 363 g/mol. The predicted octanol–water partition coefficient (Wildman–Crippen LogP) is 4.60. The van der Waals surface area contributed by atoms with E-state index < -0.39 is 0 Å². The van der Waals surface area contributed by atoms with Gasteiger partial charge in [0.05, 0.1) is 7.11 Å². The lowest BCUT2D eigenvalue weighted by atomic mass is 10.2. The normalized spacial score (nSPS) is 10.6. The van der Waals surface area contributed by atoms with Crippen molar-refractivity contribution >= 4 is 23.4 Å². The van der Waals surface area contributed by atoms with Crippen LogP contribution in [0.4, 0.5) is 0 Å². The number of hydrogen-bond acceptors (Lipinski definition) is 6. The monoisotopic (exact) mass is 362 g/mol. The van der Waals surface area contributed by atoms with Gasteiger partial charge in [-0.05, 0) is 30.3 Å². The van der Waals surface area contributed by atoms with Crippen LogP contribution >= 0.6 is 23.4 Å². The van der Waals surface area contributed by atoms with E-state index in [1.54, 1.807) is 31.4 Å². The molecule has 3 aromatic rings. The van der Waals surface area contributed by atoms with E-state index in [0.717, 1.165) is 11.3 Å². The smallest absolute Gasteiger partial charge is 0.277 e. The molecule has 0 radical (unpaired) electrons. The summed E-state index contributed by atoms with van der Waals surface area (Å²) in [7, 11) is 1.66. The SMILES string of the molecule is COc1ccccc1CSc1nnc(COc2ccc(Cl)cc2)o1. The minimum Gasteiger partial charge on any atom is -0.496 e. The first kappa shape index (κ1) is 16.7. The van der Waals surface area contributed by atoms with Crippen LogP contribution in [-0.2, 0) is 12.4 Å². The van der Waals surface area contributed by atoms with Crippen LogP contribution in [0.5, 0.6) is 11.5 Å². The zero-order valence-electron chi connectivity index (χ0n) is 12.9. The molecule has 3 rings (SSSR count). The van der Waals surface area contributed by atoms with Crippen molar-refractivity contribution in [3.63, 3.8) is 0 Å². The van der Waals surface area contributed by atoms with Gasteiger partial charge in [-0.15, -0.1) is 10.2 Å². The molecule has 1 heterocycles. The van der Waals surface area contributed by atoms with Crippen LogP contribution < -0.4 is 9.47 Å². The maximum Gasteiger partial charge on any atom is 0.277 e. The Bertz CT molecular complexity index is 793. The molecule has 0 aliphatic rings. The fourth-order valence-electron chi connectivity index (χ4n) is 1.99. The maximum atomic E-state index is 5.83. The zero-order chi connectivity index (χ0) is 16.8. The van der Waals surface area contributed by atoms with Crippen molar-refractivity contribution in [2.75, 3.05) is 7.11 Å². The van der Waals surface area contributed by atoms with Gasteiger partial charge in [-0.1, -0.05) is 41.6 Å². The van der Waals surface area contributed by atoms with E-state index in [0.29, 0.717) is 27.6 Å². The second-order valence-corrected chi connectivity index (χ2v) is 6.17. The van der Waals surface area contributed by atoms with E-state index >= 15 is 0 Å². The Morgan fingerprint density at radius 2 is 1.88 bits per heavy atom. The molecule has 0 saturated carbocycles. The van der Waals surface area contributed by atoms with Crippen molar-refractivity contribution in [2.24, 2.45) is 0 Å². The summed E-state index contributed by atoms with van der Waals surface area (Å²) in [5.41, 5.74) is 1.07. The van der Waals surface area contributed by atoms with Crippen molar-refractivity contribution in [3.05, 3.63) is 65.0 Å². The topological polar surface area (TPSA) is 57.4 Å². The first-order valence-electron chi connectivity index (χ1n) is 7.20. The third kappa shape index (κ3) is 4.43. The van der Waals surface area contributed by atoms with Crippen LogP contribution in [0.2, 0.25) is 5.02 Å². The molecule has 0 saturated heterocycles. The molecule has 1 aromatic heterocycles. The highest BCUT2D eigenvalue weighted by Gasteiger charge is 2.09. The minimum absolute atomic E-state index is 0.212. The molecule has 0 amide bonds. The van der Waals surface area contributed by atoms with E-state index in [1.165, 1.54) is 11.8 Å². The first-order valence-corrected chi connectivity index (χ1v) is 8.56. The summed E-state index contributed by atoms with van der Waals surface area (Å²) in [6.07, 6.45) is 0. The molecule has 0 N–H and O–H groups in total. The van der Waals surface area contributed by atoms with Gasteiger partial charge >= 0.3 is 0 Å². The molecule has 0 unspecified atom stereocenters. The van der Waals surface area contributed by atoms with Gasteiger partial charge in [-0.25, -0.2) is 0 Å². The molecule has 2 aromatic carbocycles. The highest BCUT2D eigenvalue weighted by molar-refractivity contribution is 7.98. The van der Waals surface area contributed by atoms with Crippen molar-refractivity contribution in [1.29, 1.82) is 0 Å². The van der Waals surface area contributed by atoms with Crippen LogP contribution in [0.1, 0.15) is 11.5 Å². The Hall–Kier alpha value is -2.18. The standard InChI is InChI=1S/C17H15ClN2O3S/c1-21-15-5-3-2-4-12(15)11-24-17-20-19-16(23-17)10-22-14-8-6-13(18)7-9-14/h2-9H,10-11H2,1H3. The van der Waals surface area contributed by atoms with E-state index in [2.05, 4.69) is 10.2 Å². The highest BCUT2D eigenvalue weighted by Crippen LogP contribution is 2.27. The summed E-state index contributed by atoms with van der Waals surface area (Å²) >= 11 is 7.29. The minimum atomic E-state index is 0.212. The van der Waals surface area contributed by atoms with Crippen molar-refractivity contribution < 1.29 is 13.9 Å². The number of ether oxygens (including phenoxy) is 2. The third-order valence-corrected chi connectivity index (χ3v) is 4.29. The Morgan fingerprint density at radius 1 is 1.08 bits per heavy atom. The summed E-state index contributed by atoms with van der Waals surface area (Å²) in [5.74, 6) is 2.65. The van der Waals surface area contributed by atoms with Gasteiger partial charge in [0.1, 0.15) is 11.5 Å². The number of halogens is 1. The molecule has 5 nitrogen and oxygen atoms in total. The van der Waals surface area contributed by atoms with Crippen LogP contribution in [0, 0.1) is 0 Å². The van der Waals surface area contributed by atoms with Gasteiger partial charge in [-0.3, -0.25) is 0 Å². The Balaban J connectivity index is 1.54. The number of nitrogens with zero attached hydrogens (tertiary/aromatic N) is 2. The van der Waals surface area contributed by atoms with E-state index in [1.807, 2.05) is 24.3 Å². The number of benzene rings is 2. The summed E-state index contributed by atoms with van der Waals surface area (Å²) in [4.78, 5) is 0. The fourth-order valence-corrected chi connectivity index (χ4v) is 2.89. The highest BCUT2D eigenvalue weighted by atomic mass is 35.5. The lowest BCUT2D eigenvalue weighted by molar-refractivity contribution is 0.252. The maximum absolute atomic E-state index is 5.83. The van der Waals surface area contributed by atoms with E-state index in [-0.39, 0.29) is 6.61 Å². The number of methoxy groups -OCH3 is 1. The lowest BCUT2D eigenvalue weighted by Crippen LogP contribution is -1.95. The molecule has 7 heteroatoms. The second kappa shape index (κ2) is 8.08. The molecule has 0 bridgehead atoms. The first-order chi connectivity index (χ1) is 11.7. The van der Waals surface area contributed by atoms with Crippen molar-refractivity contribution in [2.45, 2.75) is 17.6 Å². The Labute approximate surface area is 148 Å². The molecule has 0 spiro atoms. The summed E-state index contributed by atoms with van der Waals surface area (Å²) < 4.78 is 16.5. The second-order valence-electron chi connectivity index (χ2n) is 4.80. The third-order valence-electron chi connectivity index (χ3n) is 3.17. The number of thioether (sulfide) groups is 1. The fraction of sp³-hybridized carbons (Fsp3) is 0.176. The van der Waals surface area contributed by atoms with Crippen LogP contribution in [-0.4, -0.2) is 17.3 Å². The molecule has 0 aliphatic heterocycles. The molecule has 124 valence electrons. The van der Waals surface area contributed by atoms with Crippen LogP contribution in [0.15, 0.2) is 58.2 Å². The molecule has 24 heavy (non-hydrogen) atoms. The molecule has 0 atom stereocenters. The summed E-state index contributed by atoms with van der Waals surface area (Å²) in [5, 5.41) is 9.16. The predicted molar refractivity (Wildman–Crippen MR) is 92.6 cm³/mol. The van der Waals surface area contributed by atoms with E-state index in [4.69, 9.17) is 25.5 Å². The summed E-state index contributed by atoms with van der Waals surface area (Å²) in [6, 6.07) is 14.9. The Kier molecular flexibility index (Phi) is 5.61. The van der Waals surface area contributed by atoms with Crippen molar-refractivity contribution in [1.82, 2.24) is 10.2 Å². The number of para-hydroxylation sites is 1. The van der Waals surface area contributed by atoms with Crippen molar-refractivity contribution in [3.8, 4) is 11.5 Å².